The first-order valence-corrected chi connectivity index (χ1v) is 7.26. The molecule has 0 unspecified atom stereocenters. The van der Waals surface area contributed by atoms with E-state index < -0.39 is 0 Å². The molecule has 3 nitrogen and oxygen atoms in total. The first-order chi connectivity index (χ1) is 9.83. The Hall–Kier alpha value is -1.94. The van der Waals surface area contributed by atoms with Crippen LogP contribution in [0.25, 0.3) is 0 Å². The quantitative estimate of drug-likeness (QED) is 0.442. The molecule has 2 aromatic carbocycles. The molecule has 4 heteroatoms. The number of rotatable bonds is 7. The minimum Gasteiger partial charge on any atom is -0.493 e. The molecule has 0 aliphatic rings. The van der Waals surface area contributed by atoms with E-state index in [9.17, 15) is 4.79 Å². The SMILES string of the molecule is COc1ccccc1OCCSc1ccc(C=O)cc1. The topological polar surface area (TPSA) is 35.5 Å². The number of para-hydroxylation sites is 2. The standard InChI is InChI=1S/C16H16O3S/c1-18-15-4-2-3-5-16(15)19-10-11-20-14-8-6-13(12-17)7-9-14/h2-9,12H,10-11H2,1H3. The maximum atomic E-state index is 10.6. The molecular weight excluding hydrogens is 272 g/mol. The number of thioether (sulfide) groups is 1. The minimum atomic E-state index is 0.598. The summed E-state index contributed by atoms with van der Waals surface area (Å²) in [4.78, 5) is 11.7. The van der Waals surface area contributed by atoms with E-state index in [2.05, 4.69) is 0 Å². The molecular formula is C16H16O3S. The van der Waals surface area contributed by atoms with Crippen LogP contribution in [-0.4, -0.2) is 25.8 Å². The Labute approximate surface area is 122 Å². The highest BCUT2D eigenvalue weighted by Gasteiger charge is 2.02. The summed E-state index contributed by atoms with van der Waals surface area (Å²) >= 11 is 1.69. The molecule has 0 aliphatic carbocycles. The molecule has 0 heterocycles. The van der Waals surface area contributed by atoms with Crippen LogP contribution in [0.1, 0.15) is 10.4 Å². The maximum Gasteiger partial charge on any atom is 0.161 e. The maximum absolute atomic E-state index is 10.6. The summed E-state index contributed by atoms with van der Waals surface area (Å²) in [6.07, 6.45) is 0.846. The van der Waals surface area contributed by atoms with Gasteiger partial charge in [0.15, 0.2) is 11.5 Å². The number of methoxy groups -OCH3 is 1. The fourth-order valence-electron chi connectivity index (χ4n) is 1.69. The summed E-state index contributed by atoms with van der Waals surface area (Å²) in [5.74, 6) is 2.33. The van der Waals surface area contributed by atoms with Crippen molar-refractivity contribution in [3.8, 4) is 11.5 Å². The van der Waals surface area contributed by atoms with Crippen molar-refractivity contribution < 1.29 is 14.3 Å². The van der Waals surface area contributed by atoms with Crippen LogP contribution in [0.2, 0.25) is 0 Å². The van der Waals surface area contributed by atoms with Crippen LogP contribution < -0.4 is 9.47 Å². The molecule has 2 aromatic rings. The number of hydrogen-bond donors (Lipinski definition) is 0. The van der Waals surface area contributed by atoms with Gasteiger partial charge in [-0.25, -0.2) is 0 Å². The van der Waals surface area contributed by atoms with Crippen molar-refractivity contribution in [2.75, 3.05) is 19.5 Å². The van der Waals surface area contributed by atoms with Crippen molar-refractivity contribution in [2.45, 2.75) is 4.90 Å². The molecule has 0 atom stereocenters. The highest BCUT2D eigenvalue weighted by molar-refractivity contribution is 7.99. The van der Waals surface area contributed by atoms with E-state index in [4.69, 9.17) is 9.47 Å². The second-order valence-corrected chi connectivity index (χ2v) is 5.20. The second-order valence-electron chi connectivity index (χ2n) is 4.03. The van der Waals surface area contributed by atoms with E-state index in [1.165, 1.54) is 0 Å². The summed E-state index contributed by atoms with van der Waals surface area (Å²) in [5, 5.41) is 0. The average molecular weight is 288 g/mol. The van der Waals surface area contributed by atoms with Crippen LogP contribution in [-0.2, 0) is 0 Å². The zero-order chi connectivity index (χ0) is 14.2. The minimum absolute atomic E-state index is 0.598. The van der Waals surface area contributed by atoms with Gasteiger partial charge in [-0.15, -0.1) is 11.8 Å². The molecule has 104 valence electrons. The normalized spacial score (nSPS) is 10.1. The number of ether oxygens (including phenoxy) is 2. The van der Waals surface area contributed by atoms with Crippen molar-refractivity contribution in [1.82, 2.24) is 0 Å². The lowest BCUT2D eigenvalue weighted by Gasteiger charge is -2.10. The van der Waals surface area contributed by atoms with Crippen molar-refractivity contribution in [3.05, 3.63) is 54.1 Å². The van der Waals surface area contributed by atoms with Crippen molar-refractivity contribution >= 4 is 18.0 Å². The fourth-order valence-corrected chi connectivity index (χ4v) is 2.42. The first-order valence-electron chi connectivity index (χ1n) is 6.27. The fraction of sp³-hybridized carbons (Fsp3) is 0.188. The number of benzene rings is 2. The highest BCUT2D eigenvalue weighted by Crippen LogP contribution is 2.26. The molecule has 0 bridgehead atoms. The molecule has 0 aliphatic heterocycles. The molecule has 0 amide bonds. The Balaban J connectivity index is 1.79. The van der Waals surface area contributed by atoms with E-state index in [1.807, 2.05) is 48.5 Å². The Kier molecular flexibility index (Phi) is 5.50. The summed E-state index contributed by atoms with van der Waals surface area (Å²) in [5.41, 5.74) is 0.694. The lowest BCUT2D eigenvalue weighted by molar-refractivity contribution is 0.112. The van der Waals surface area contributed by atoms with Gasteiger partial charge in [0.2, 0.25) is 0 Å². The van der Waals surface area contributed by atoms with Crippen LogP contribution in [0.5, 0.6) is 11.5 Å². The van der Waals surface area contributed by atoms with Crippen LogP contribution in [0.4, 0.5) is 0 Å². The largest absolute Gasteiger partial charge is 0.493 e. The number of carbonyl (C=O) groups is 1. The van der Waals surface area contributed by atoms with Gasteiger partial charge in [0.1, 0.15) is 6.29 Å². The predicted molar refractivity (Wildman–Crippen MR) is 81.0 cm³/mol. The highest BCUT2D eigenvalue weighted by atomic mass is 32.2. The van der Waals surface area contributed by atoms with Crippen molar-refractivity contribution in [3.63, 3.8) is 0 Å². The van der Waals surface area contributed by atoms with Gasteiger partial charge in [-0.3, -0.25) is 4.79 Å². The zero-order valence-corrected chi connectivity index (χ0v) is 12.1. The number of hydrogen-bond acceptors (Lipinski definition) is 4. The molecule has 0 saturated carbocycles. The molecule has 0 spiro atoms. The number of aldehydes is 1. The van der Waals surface area contributed by atoms with E-state index in [1.54, 1.807) is 18.9 Å². The van der Waals surface area contributed by atoms with Crippen LogP contribution in [0.3, 0.4) is 0 Å². The van der Waals surface area contributed by atoms with Gasteiger partial charge in [-0.1, -0.05) is 24.3 Å². The molecule has 20 heavy (non-hydrogen) atoms. The molecule has 0 fully saturated rings. The van der Waals surface area contributed by atoms with Gasteiger partial charge >= 0.3 is 0 Å². The smallest absolute Gasteiger partial charge is 0.161 e. The van der Waals surface area contributed by atoms with Crippen LogP contribution in [0.15, 0.2) is 53.4 Å². The predicted octanol–water partition coefficient (Wildman–Crippen LogP) is 3.68. The molecule has 0 N–H and O–H groups in total. The van der Waals surface area contributed by atoms with Gasteiger partial charge in [0, 0.05) is 16.2 Å². The summed E-state index contributed by atoms with van der Waals surface area (Å²) in [7, 11) is 1.63. The van der Waals surface area contributed by atoms with E-state index in [-0.39, 0.29) is 0 Å². The summed E-state index contributed by atoms with van der Waals surface area (Å²) in [6.45, 7) is 0.598. The van der Waals surface area contributed by atoms with Crippen LogP contribution in [0, 0.1) is 0 Å². The van der Waals surface area contributed by atoms with Crippen LogP contribution >= 0.6 is 11.8 Å². The van der Waals surface area contributed by atoms with Crippen molar-refractivity contribution in [1.29, 1.82) is 0 Å². The van der Waals surface area contributed by atoms with Gasteiger partial charge < -0.3 is 9.47 Å². The van der Waals surface area contributed by atoms with Gasteiger partial charge in [0.25, 0.3) is 0 Å². The van der Waals surface area contributed by atoms with E-state index >= 15 is 0 Å². The lowest BCUT2D eigenvalue weighted by Crippen LogP contribution is -2.01. The van der Waals surface area contributed by atoms with Gasteiger partial charge in [-0.2, -0.15) is 0 Å². The lowest BCUT2D eigenvalue weighted by atomic mass is 10.2. The third kappa shape index (κ3) is 4.03. The third-order valence-corrected chi connectivity index (χ3v) is 3.67. The van der Waals surface area contributed by atoms with Crippen molar-refractivity contribution in [2.24, 2.45) is 0 Å². The Morgan fingerprint density at radius 2 is 1.75 bits per heavy atom. The summed E-state index contributed by atoms with van der Waals surface area (Å²) < 4.78 is 10.9. The Morgan fingerprint density at radius 1 is 1.05 bits per heavy atom. The molecule has 0 aromatic heterocycles. The summed E-state index contributed by atoms with van der Waals surface area (Å²) in [6, 6.07) is 15.1. The second kappa shape index (κ2) is 7.60. The zero-order valence-electron chi connectivity index (χ0n) is 11.2. The van der Waals surface area contributed by atoms with Gasteiger partial charge in [0.05, 0.1) is 13.7 Å². The molecule has 0 saturated heterocycles. The first kappa shape index (κ1) is 14.5. The Bertz CT molecular complexity index is 552. The number of carbonyl (C=O) groups excluding carboxylic acids is 1. The Morgan fingerprint density at radius 3 is 2.40 bits per heavy atom. The van der Waals surface area contributed by atoms with E-state index in [0.717, 1.165) is 28.4 Å². The monoisotopic (exact) mass is 288 g/mol. The van der Waals surface area contributed by atoms with Gasteiger partial charge in [-0.05, 0) is 24.3 Å². The molecule has 2 rings (SSSR count). The average Bonchev–Trinajstić information content (AvgIpc) is 2.52. The molecule has 0 radical (unpaired) electrons. The van der Waals surface area contributed by atoms with E-state index in [0.29, 0.717) is 12.2 Å². The third-order valence-electron chi connectivity index (χ3n) is 2.69.